The molecule has 116 valence electrons. The summed E-state index contributed by atoms with van der Waals surface area (Å²) in [5.41, 5.74) is 4.93. The molecule has 0 atom stereocenters. The van der Waals surface area contributed by atoms with Crippen LogP contribution in [-0.4, -0.2) is 12.5 Å². The van der Waals surface area contributed by atoms with Crippen LogP contribution in [0.25, 0.3) is 0 Å². The molecule has 0 aliphatic heterocycles. The first-order valence-electron chi connectivity index (χ1n) is 7.39. The van der Waals surface area contributed by atoms with Crippen molar-refractivity contribution in [3.63, 3.8) is 0 Å². The van der Waals surface area contributed by atoms with Gasteiger partial charge < -0.3 is 10.6 Å². The number of hydrogen-bond acceptors (Lipinski definition) is 2. The van der Waals surface area contributed by atoms with Crippen LogP contribution in [0.3, 0.4) is 0 Å². The molecular weight excluding hydrogens is 296 g/mol. The summed E-state index contributed by atoms with van der Waals surface area (Å²) in [5.74, 6) is -0.117. The standard InChI is InChI=1S/C18H21ClN2O/c1-4-14-5-7-15(8-6-14)20-11-17(22)21-18-13(3)9-12(2)10-16(18)19/h5-10,20H,4,11H2,1-3H3,(H,21,22). The molecule has 2 aromatic rings. The summed E-state index contributed by atoms with van der Waals surface area (Å²) in [7, 11) is 0. The zero-order valence-electron chi connectivity index (χ0n) is 13.2. The molecule has 0 spiro atoms. The predicted octanol–water partition coefficient (Wildman–Crippen LogP) is 4.57. The minimum absolute atomic E-state index is 0.117. The quantitative estimate of drug-likeness (QED) is 0.848. The molecule has 22 heavy (non-hydrogen) atoms. The number of hydrogen-bond donors (Lipinski definition) is 2. The Bertz CT molecular complexity index is 642. The number of carbonyl (C=O) groups excluding carboxylic acids is 1. The maximum Gasteiger partial charge on any atom is 0.243 e. The summed E-state index contributed by atoms with van der Waals surface area (Å²) >= 11 is 6.19. The first kappa shape index (κ1) is 16.4. The summed E-state index contributed by atoms with van der Waals surface area (Å²) in [6.07, 6.45) is 1.01. The number of amides is 1. The number of benzene rings is 2. The van der Waals surface area contributed by atoms with Crippen molar-refractivity contribution in [3.8, 4) is 0 Å². The summed E-state index contributed by atoms with van der Waals surface area (Å²) in [6.45, 7) is 6.23. The molecule has 0 bridgehead atoms. The Balaban J connectivity index is 1.95. The lowest BCUT2D eigenvalue weighted by molar-refractivity contribution is -0.114. The molecule has 0 unspecified atom stereocenters. The number of anilines is 2. The van der Waals surface area contributed by atoms with Gasteiger partial charge in [-0.2, -0.15) is 0 Å². The number of carbonyl (C=O) groups is 1. The molecule has 0 aromatic heterocycles. The molecule has 0 saturated carbocycles. The van der Waals surface area contributed by atoms with Gasteiger partial charge >= 0.3 is 0 Å². The van der Waals surface area contributed by atoms with Crippen LogP contribution in [0.5, 0.6) is 0 Å². The lowest BCUT2D eigenvalue weighted by Crippen LogP contribution is -2.22. The highest BCUT2D eigenvalue weighted by Crippen LogP contribution is 2.27. The van der Waals surface area contributed by atoms with Crippen molar-refractivity contribution < 1.29 is 4.79 Å². The van der Waals surface area contributed by atoms with Crippen molar-refractivity contribution in [1.29, 1.82) is 0 Å². The van der Waals surface area contributed by atoms with E-state index in [1.165, 1.54) is 5.56 Å². The van der Waals surface area contributed by atoms with Crippen LogP contribution in [0.15, 0.2) is 36.4 Å². The van der Waals surface area contributed by atoms with Gasteiger partial charge in [0.05, 0.1) is 17.3 Å². The van der Waals surface area contributed by atoms with E-state index in [-0.39, 0.29) is 12.5 Å². The monoisotopic (exact) mass is 316 g/mol. The van der Waals surface area contributed by atoms with Crippen LogP contribution in [0, 0.1) is 13.8 Å². The van der Waals surface area contributed by atoms with E-state index in [1.54, 1.807) is 0 Å². The molecule has 3 nitrogen and oxygen atoms in total. The van der Waals surface area contributed by atoms with Crippen LogP contribution in [0.1, 0.15) is 23.6 Å². The van der Waals surface area contributed by atoms with E-state index in [4.69, 9.17) is 11.6 Å². The summed E-state index contributed by atoms with van der Waals surface area (Å²) in [4.78, 5) is 12.1. The third-order valence-electron chi connectivity index (χ3n) is 3.51. The number of nitrogens with one attached hydrogen (secondary N) is 2. The fourth-order valence-electron chi connectivity index (χ4n) is 2.30. The zero-order valence-corrected chi connectivity index (χ0v) is 13.9. The molecule has 4 heteroatoms. The second-order valence-electron chi connectivity index (χ2n) is 5.39. The Labute approximate surface area is 136 Å². The van der Waals surface area contributed by atoms with Crippen molar-refractivity contribution in [2.75, 3.05) is 17.2 Å². The number of halogens is 1. The molecule has 2 rings (SSSR count). The highest BCUT2D eigenvalue weighted by atomic mass is 35.5. The SMILES string of the molecule is CCc1ccc(NCC(=O)Nc2c(C)cc(C)cc2Cl)cc1. The molecular formula is C18H21ClN2O. The van der Waals surface area contributed by atoms with Crippen LogP contribution >= 0.6 is 11.6 Å². The molecule has 0 aliphatic carbocycles. The molecule has 0 radical (unpaired) electrons. The fraction of sp³-hybridized carbons (Fsp3) is 0.278. The molecule has 2 N–H and O–H groups in total. The van der Waals surface area contributed by atoms with Gasteiger partial charge in [0.25, 0.3) is 0 Å². The van der Waals surface area contributed by atoms with E-state index in [1.807, 2.05) is 38.1 Å². The van der Waals surface area contributed by atoms with E-state index in [9.17, 15) is 4.79 Å². The first-order valence-corrected chi connectivity index (χ1v) is 7.76. The Kier molecular flexibility index (Phi) is 5.45. The van der Waals surface area contributed by atoms with E-state index < -0.39 is 0 Å². The largest absolute Gasteiger partial charge is 0.376 e. The van der Waals surface area contributed by atoms with Gasteiger partial charge in [0.2, 0.25) is 5.91 Å². The maximum absolute atomic E-state index is 12.1. The summed E-state index contributed by atoms with van der Waals surface area (Å²) in [6, 6.07) is 11.9. The molecule has 1 amide bonds. The average molecular weight is 317 g/mol. The number of aryl methyl sites for hydroxylation is 3. The highest BCUT2D eigenvalue weighted by Gasteiger charge is 2.09. The smallest absolute Gasteiger partial charge is 0.243 e. The molecule has 0 saturated heterocycles. The highest BCUT2D eigenvalue weighted by molar-refractivity contribution is 6.34. The Hall–Kier alpha value is -2.00. The van der Waals surface area contributed by atoms with Gasteiger partial charge in [-0.1, -0.05) is 36.7 Å². The van der Waals surface area contributed by atoms with E-state index in [0.29, 0.717) is 10.7 Å². The minimum Gasteiger partial charge on any atom is -0.376 e. The second-order valence-corrected chi connectivity index (χ2v) is 5.80. The third kappa shape index (κ3) is 4.25. The molecule has 0 heterocycles. The molecule has 0 fully saturated rings. The van der Waals surface area contributed by atoms with Crippen molar-refractivity contribution in [3.05, 3.63) is 58.1 Å². The van der Waals surface area contributed by atoms with Gasteiger partial charge in [0.1, 0.15) is 0 Å². The summed E-state index contributed by atoms with van der Waals surface area (Å²) in [5, 5.41) is 6.54. The van der Waals surface area contributed by atoms with Crippen molar-refractivity contribution >= 4 is 28.9 Å². The minimum atomic E-state index is -0.117. The zero-order chi connectivity index (χ0) is 16.1. The summed E-state index contributed by atoms with van der Waals surface area (Å²) < 4.78 is 0. The van der Waals surface area contributed by atoms with E-state index >= 15 is 0 Å². The first-order chi connectivity index (χ1) is 10.5. The van der Waals surface area contributed by atoms with Crippen LogP contribution in [-0.2, 0) is 11.2 Å². The maximum atomic E-state index is 12.1. The average Bonchev–Trinajstić information content (AvgIpc) is 2.49. The van der Waals surface area contributed by atoms with Gasteiger partial charge in [-0.25, -0.2) is 0 Å². The Morgan fingerprint density at radius 1 is 1.14 bits per heavy atom. The van der Waals surface area contributed by atoms with Crippen molar-refractivity contribution in [2.45, 2.75) is 27.2 Å². The van der Waals surface area contributed by atoms with Gasteiger partial charge in [-0.3, -0.25) is 4.79 Å². The Morgan fingerprint density at radius 2 is 1.82 bits per heavy atom. The van der Waals surface area contributed by atoms with Crippen LogP contribution < -0.4 is 10.6 Å². The Morgan fingerprint density at radius 3 is 2.41 bits per heavy atom. The lowest BCUT2D eigenvalue weighted by Gasteiger charge is -2.12. The lowest BCUT2D eigenvalue weighted by atomic mass is 10.1. The van der Waals surface area contributed by atoms with Crippen molar-refractivity contribution in [2.24, 2.45) is 0 Å². The topological polar surface area (TPSA) is 41.1 Å². The molecule has 2 aromatic carbocycles. The van der Waals surface area contributed by atoms with Gasteiger partial charge in [0, 0.05) is 5.69 Å². The third-order valence-corrected chi connectivity index (χ3v) is 3.81. The van der Waals surface area contributed by atoms with Gasteiger partial charge in [-0.05, 0) is 55.2 Å². The predicted molar refractivity (Wildman–Crippen MR) is 93.9 cm³/mol. The number of rotatable bonds is 5. The van der Waals surface area contributed by atoms with Crippen molar-refractivity contribution in [1.82, 2.24) is 0 Å². The van der Waals surface area contributed by atoms with Gasteiger partial charge in [0.15, 0.2) is 0 Å². The van der Waals surface area contributed by atoms with Crippen LogP contribution in [0.2, 0.25) is 5.02 Å². The van der Waals surface area contributed by atoms with Gasteiger partial charge in [-0.15, -0.1) is 0 Å². The second kappa shape index (κ2) is 7.32. The fourth-order valence-corrected chi connectivity index (χ4v) is 2.67. The van der Waals surface area contributed by atoms with Crippen LogP contribution in [0.4, 0.5) is 11.4 Å². The van der Waals surface area contributed by atoms with E-state index in [0.717, 1.165) is 23.2 Å². The van der Waals surface area contributed by atoms with E-state index in [2.05, 4.69) is 29.7 Å². The molecule has 0 aliphatic rings. The normalized spacial score (nSPS) is 10.4.